The molecule has 2 aromatic rings. The summed E-state index contributed by atoms with van der Waals surface area (Å²) in [7, 11) is 0. The fraction of sp³-hybridized carbons (Fsp3) is 0.125. The van der Waals surface area contributed by atoms with Crippen molar-refractivity contribution in [3.63, 3.8) is 0 Å². The number of carbonyl (C=O) groups excluding carboxylic acids is 1. The highest BCUT2D eigenvalue weighted by molar-refractivity contribution is 5.87. The summed E-state index contributed by atoms with van der Waals surface area (Å²) in [6.45, 7) is 1.71. The monoisotopic (exact) mass is 286 g/mol. The van der Waals surface area contributed by atoms with Crippen LogP contribution < -0.4 is 9.47 Å². The number of esters is 1. The zero-order valence-corrected chi connectivity index (χ0v) is 11.4. The Balaban J connectivity index is 1.88. The molecule has 5 nitrogen and oxygen atoms in total. The molecule has 2 aromatic carbocycles. The van der Waals surface area contributed by atoms with Gasteiger partial charge in [-0.25, -0.2) is 9.59 Å². The average molecular weight is 286 g/mol. The molecule has 0 amide bonds. The smallest absolute Gasteiger partial charge is 0.349 e. The van der Waals surface area contributed by atoms with Crippen molar-refractivity contribution < 1.29 is 24.2 Å². The molecule has 0 radical (unpaired) electrons. The predicted octanol–water partition coefficient (Wildman–Crippen LogP) is 2.68. The zero-order chi connectivity index (χ0) is 15.2. The van der Waals surface area contributed by atoms with Crippen LogP contribution in [0.15, 0.2) is 48.5 Å². The Morgan fingerprint density at radius 3 is 2.38 bits per heavy atom. The Hall–Kier alpha value is -2.82. The van der Waals surface area contributed by atoms with Crippen molar-refractivity contribution in [3.8, 4) is 11.5 Å². The van der Waals surface area contributed by atoms with Crippen LogP contribution in [-0.4, -0.2) is 23.7 Å². The number of carboxylic acids is 1. The first-order valence-corrected chi connectivity index (χ1v) is 6.28. The lowest BCUT2D eigenvalue weighted by Crippen LogP contribution is -2.17. The van der Waals surface area contributed by atoms with Crippen molar-refractivity contribution in [1.29, 1.82) is 0 Å². The molecule has 0 aliphatic carbocycles. The Bertz CT molecular complexity index is 646. The molecule has 108 valence electrons. The molecule has 2 rings (SSSR count). The van der Waals surface area contributed by atoms with Crippen LogP contribution in [0.2, 0.25) is 0 Å². The number of carboxylic acid groups (broad SMARTS) is 1. The van der Waals surface area contributed by atoms with E-state index in [0.29, 0.717) is 5.75 Å². The van der Waals surface area contributed by atoms with Crippen molar-refractivity contribution in [1.82, 2.24) is 0 Å². The first-order valence-electron chi connectivity index (χ1n) is 6.28. The summed E-state index contributed by atoms with van der Waals surface area (Å²) in [4.78, 5) is 22.3. The van der Waals surface area contributed by atoms with E-state index in [9.17, 15) is 9.59 Å². The molecule has 0 saturated carbocycles. The molecule has 0 unspecified atom stereocenters. The van der Waals surface area contributed by atoms with E-state index in [4.69, 9.17) is 14.6 Å². The third kappa shape index (κ3) is 4.35. The highest BCUT2D eigenvalue weighted by Crippen LogP contribution is 2.14. The van der Waals surface area contributed by atoms with Gasteiger partial charge in [0.25, 0.3) is 0 Å². The van der Waals surface area contributed by atoms with Crippen molar-refractivity contribution in [2.75, 3.05) is 6.61 Å². The Morgan fingerprint density at radius 2 is 1.76 bits per heavy atom. The standard InChI is InChI=1S/C16H14O5/c1-11-3-2-4-14(9-11)20-10-15(17)21-13-7-5-12(6-8-13)16(18)19/h2-9H,10H2,1H3,(H,18,19). The van der Waals surface area contributed by atoms with Gasteiger partial charge in [0.1, 0.15) is 11.5 Å². The number of aromatic carboxylic acids is 1. The number of benzene rings is 2. The lowest BCUT2D eigenvalue weighted by atomic mass is 10.2. The van der Waals surface area contributed by atoms with Gasteiger partial charge in [0.05, 0.1) is 5.56 Å². The summed E-state index contributed by atoms with van der Waals surface area (Å²) >= 11 is 0. The third-order valence-corrected chi connectivity index (χ3v) is 2.68. The first-order chi connectivity index (χ1) is 10.0. The second-order valence-electron chi connectivity index (χ2n) is 4.41. The minimum atomic E-state index is -1.03. The average Bonchev–Trinajstić information content (AvgIpc) is 2.46. The van der Waals surface area contributed by atoms with Gasteiger partial charge in [0, 0.05) is 0 Å². The Labute approximate surface area is 121 Å². The highest BCUT2D eigenvalue weighted by Gasteiger charge is 2.08. The predicted molar refractivity (Wildman–Crippen MR) is 75.7 cm³/mol. The normalized spacial score (nSPS) is 9.95. The van der Waals surface area contributed by atoms with Crippen LogP contribution in [0.4, 0.5) is 0 Å². The van der Waals surface area contributed by atoms with E-state index in [0.717, 1.165) is 5.56 Å². The fourth-order valence-electron chi connectivity index (χ4n) is 1.67. The topological polar surface area (TPSA) is 72.8 Å². The molecule has 5 heteroatoms. The number of rotatable bonds is 5. The van der Waals surface area contributed by atoms with E-state index in [-0.39, 0.29) is 17.9 Å². The molecule has 21 heavy (non-hydrogen) atoms. The molecule has 0 aliphatic rings. The lowest BCUT2D eigenvalue weighted by molar-refractivity contribution is -0.136. The molecule has 0 aromatic heterocycles. The van der Waals surface area contributed by atoms with Crippen LogP contribution in [0, 0.1) is 6.92 Å². The van der Waals surface area contributed by atoms with Gasteiger partial charge in [-0.3, -0.25) is 0 Å². The summed E-state index contributed by atoms with van der Waals surface area (Å²) in [5.41, 5.74) is 1.16. The summed E-state index contributed by atoms with van der Waals surface area (Å²) in [6.07, 6.45) is 0. The molecule has 1 N–H and O–H groups in total. The molecule has 0 aliphatic heterocycles. The van der Waals surface area contributed by atoms with E-state index in [1.807, 2.05) is 25.1 Å². The maximum absolute atomic E-state index is 11.6. The Morgan fingerprint density at radius 1 is 1.05 bits per heavy atom. The maximum Gasteiger partial charge on any atom is 0.349 e. The number of ether oxygens (including phenoxy) is 2. The van der Waals surface area contributed by atoms with Crippen LogP contribution in [0.1, 0.15) is 15.9 Å². The number of hydrogen-bond donors (Lipinski definition) is 1. The van der Waals surface area contributed by atoms with Crippen LogP contribution in [0.25, 0.3) is 0 Å². The number of aryl methyl sites for hydroxylation is 1. The number of hydrogen-bond acceptors (Lipinski definition) is 4. The van der Waals surface area contributed by atoms with Gasteiger partial charge >= 0.3 is 11.9 Å². The van der Waals surface area contributed by atoms with Crippen LogP contribution in [0.5, 0.6) is 11.5 Å². The minimum absolute atomic E-state index is 0.130. The molecule has 0 bridgehead atoms. The first kappa shape index (κ1) is 14.6. The lowest BCUT2D eigenvalue weighted by Gasteiger charge is -2.07. The van der Waals surface area contributed by atoms with Crippen LogP contribution in [0.3, 0.4) is 0 Å². The van der Waals surface area contributed by atoms with Gasteiger partial charge in [-0.1, -0.05) is 12.1 Å². The highest BCUT2D eigenvalue weighted by atomic mass is 16.6. The van der Waals surface area contributed by atoms with Crippen LogP contribution >= 0.6 is 0 Å². The summed E-state index contributed by atoms with van der Waals surface area (Å²) < 4.78 is 10.4. The summed E-state index contributed by atoms with van der Waals surface area (Å²) in [5, 5.41) is 8.76. The fourth-order valence-corrected chi connectivity index (χ4v) is 1.67. The van der Waals surface area contributed by atoms with E-state index in [1.165, 1.54) is 24.3 Å². The minimum Gasteiger partial charge on any atom is -0.482 e. The van der Waals surface area contributed by atoms with Crippen molar-refractivity contribution in [2.45, 2.75) is 6.92 Å². The SMILES string of the molecule is Cc1cccc(OCC(=O)Oc2ccc(C(=O)O)cc2)c1. The second kappa shape index (κ2) is 6.56. The molecule has 0 fully saturated rings. The Kier molecular flexibility index (Phi) is 4.56. The van der Waals surface area contributed by atoms with Crippen molar-refractivity contribution >= 4 is 11.9 Å². The van der Waals surface area contributed by atoms with E-state index in [2.05, 4.69) is 0 Å². The van der Waals surface area contributed by atoms with Crippen molar-refractivity contribution in [2.24, 2.45) is 0 Å². The zero-order valence-electron chi connectivity index (χ0n) is 11.4. The van der Waals surface area contributed by atoms with E-state index < -0.39 is 11.9 Å². The summed E-state index contributed by atoms with van der Waals surface area (Å²) in [5.74, 6) is -0.721. The third-order valence-electron chi connectivity index (χ3n) is 2.68. The molecular formula is C16H14O5. The van der Waals surface area contributed by atoms with Gasteiger partial charge in [0.2, 0.25) is 0 Å². The second-order valence-corrected chi connectivity index (χ2v) is 4.41. The summed E-state index contributed by atoms with van der Waals surface area (Å²) in [6, 6.07) is 12.9. The molecule has 0 saturated heterocycles. The van der Waals surface area contributed by atoms with Crippen LogP contribution in [-0.2, 0) is 4.79 Å². The largest absolute Gasteiger partial charge is 0.482 e. The molecular weight excluding hydrogens is 272 g/mol. The van der Waals surface area contributed by atoms with E-state index >= 15 is 0 Å². The van der Waals surface area contributed by atoms with Gasteiger partial charge in [-0.05, 0) is 48.9 Å². The maximum atomic E-state index is 11.6. The number of carbonyl (C=O) groups is 2. The van der Waals surface area contributed by atoms with Gasteiger partial charge in [-0.15, -0.1) is 0 Å². The van der Waals surface area contributed by atoms with E-state index in [1.54, 1.807) is 6.07 Å². The molecule has 0 heterocycles. The quantitative estimate of drug-likeness (QED) is 0.675. The molecule has 0 spiro atoms. The van der Waals surface area contributed by atoms with Crippen molar-refractivity contribution in [3.05, 3.63) is 59.7 Å². The molecule has 0 atom stereocenters. The van der Waals surface area contributed by atoms with Gasteiger partial charge in [-0.2, -0.15) is 0 Å². The van der Waals surface area contributed by atoms with Gasteiger partial charge < -0.3 is 14.6 Å². The van der Waals surface area contributed by atoms with Gasteiger partial charge in [0.15, 0.2) is 6.61 Å².